The fourth-order valence-corrected chi connectivity index (χ4v) is 1.84. The van der Waals surface area contributed by atoms with E-state index < -0.39 is 0 Å². The third kappa shape index (κ3) is 3.73. The van der Waals surface area contributed by atoms with Crippen molar-refractivity contribution in [3.63, 3.8) is 0 Å². The molecule has 2 nitrogen and oxygen atoms in total. The Bertz CT molecular complexity index is 87.6. The molecule has 1 aliphatic carbocycles. The Kier molecular flexibility index (Phi) is 4.55. The fourth-order valence-electron chi connectivity index (χ4n) is 1.84. The first-order valence-corrected chi connectivity index (χ1v) is 4.75. The molecule has 0 spiro atoms. The molecular weight excluding hydrogens is 138 g/mol. The van der Waals surface area contributed by atoms with Gasteiger partial charge in [-0.25, -0.2) is 5.90 Å². The van der Waals surface area contributed by atoms with Crippen LogP contribution in [0, 0.1) is 5.92 Å². The SMILES string of the molecule is NOCC1CCCCCCC1. The van der Waals surface area contributed by atoms with Gasteiger partial charge in [0.05, 0.1) is 6.61 Å². The lowest BCUT2D eigenvalue weighted by atomic mass is 9.92. The summed E-state index contributed by atoms with van der Waals surface area (Å²) in [6, 6.07) is 0. The fraction of sp³-hybridized carbons (Fsp3) is 1.00. The summed E-state index contributed by atoms with van der Waals surface area (Å²) >= 11 is 0. The van der Waals surface area contributed by atoms with Gasteiger partial charge in [-0.15, -0.1) is 0 Å². The predicted molar refractivity (Wildman–Crippen MR) is 45.9 cm³/mol. The molecule has 0 aromatic heterocycles. The van der Waals surface area contributed by atoms with E-state index in [2.05, 4.69) is 4.84 Å². The Morgan fingerprint density at radius 1 is 1.00 bits per heavy atom. The van der Waals surface area contributed by atoms with Gasteiger partial charge in [-0.3, -0.25) is 0 Å². The van der Waals surface area contributed by atoms with Crippen LogP contribution in [-0.2, 0) is 4.84 Å². The van der Waals surface area contributed by atoms with Crippen molar-refractivity contribution < 1.29 is 4.84 Å². The average molecular weight is 157 g/mol. The van der Waals surface area contributed by atoms with Crippen molar-refractivity contribution in [3.8, 4) is 0 Å². The maximum atomic E-state index is 5.05. The Hall–Kier alpha value is -0.0800. The van der Waals surface area contributed by atoms with Crippen LogP contribution in [0.25, 0.3) is 0 Å². The maximum absolute atomic E-state index is 5.05. The standard InChI is InChI=1S/C9H19NO/c10-11-8-9-6-4-2-1-3-5-7-9/h9H,1-8,10H2. The summed E-state index contributed by atoms with van der Waals surface area (Å²) in [7, 11) is 0. The molecule has 0 amide bonds. The molecule has 0 atom stereocenters. The summed E-state index contributed by atoms with van der Waals surface area (Å²) in [4.78, 5) is 4.68. The van der Waals surface area contributed by atoms with Crippen LogP contribution >= 0.6 is 0 Å². The van der Waals surface area contributed by atoms with Crippen molar-refractivity contribution in [1.82, 2.24) is 0 Å². The third-order valence-electron chi connectivity index (χ3n) is 2.56. The number of hydrogen-bond acceptors (Lipinski definition) is 2. The molecule has 0 heterocycles. The van der Waals surface area contributed by atoms with E-state index in [1.807, 2.05) is 0 Å². The lowest BCUT2D eigenvalue weighted by molar-refractivity contribution is 0.0907. The highest BCUT2D eigenvalue weighted by molar-refractivity contribution is 4.62. The van der Waals surface area contributed by atoms with E-state index in [-0.39, 0.29) is 0 Å². The second kappa shape index (κ2) is 5.56. The van der Waals surface area contributed by atoms with Gasteiger partial charge in [-0.05, 0) is 18.8 Å². The van der Waals surface area contributed by atoms with E-state index in [1.165, 1.54) is 44.9 Å². The van der Waals surface area contributed by atoms with Crippen molar-refractivity contribution >= 4 is 0 Å². The second-order valence-electron chi connectivity index (χ2n) is 3.54. The molecule has 0 aliphatic heterocycles. The van der Waals surface area contributed by atoms with Crippen LogP contribution in [-0.4, -0.2) is 6.61 Å². The lowest BCUT2D eigenvalue weighted by Gasteiger charge is -2.17. The molecule has 0 radical (unpaired) electrons. The summed E-state index contributed by atoms with van der Waals surface area (Å²) in [5.41, 5.74) is 0. The maximum Gasteiger partial charge on any atom is 0.0707 e. The first kappa shape index (κ1) is 9.01. The molecule has 0 bridgehead atoms. The van der Waals surface area contributed by atoms with Crippen LogP contribution < -0.4 is 5.90 Å². The predicted octanol–water partition coefficient (Wildman–Crippen LogP) is 2.24. The van der Waals surface area contributed by atoms with Crippen LogP contribution in [0.4, 0.5) is 0 Å². The molecule has 0 saturated heterocycles. The quantitative estimate of drug-likeness (QED) is 0.624. The molecule has 1 aliphatic rings. The minimum atomic E-state index is 0.736. The van der Waals surface area contributed by atoms with Gasteiger partial charge < -0.3 is 4.84 Å². The number of rotatable bonds is 2. The van der Waals surface area contributed by atoms with Gasteiger partial charge in [-0.2, -0.15) is 0 Å². The van der Waals surface area contributed by atoms with Gasteiger partial charge >= 0.3 is 0 Å². The van der Waals surface area contributed by atoms with E-state index in [9.17, 15) is 0 Å². The molecule has 66 valence electrons. The minimum absolute atomic E-state index is 0.736. The molecule has 2 heteroatoms. The van der Waals surface area contributed by atoms with Gasteiger partial charge in [0.15, 0.2) is 0 Å². The van der Waals surface area contributed by atoms with E-state index in [0.29, 0.717) is 0 Å². The summed E-state index contributed by atoms with van der Waals surface area (Å²) in [5, 5.41) is 0. The van der Waals surface area contributed by atoms with E-state index in [4.69, 9.17) is 5.90 Å². The number of hydrogen-bond donors (Lipinski definition) is 1. The number of nitrogens with two attached hydrogens (primary N) is 1. The highest BCUT2D eigenvalue weighted by atomic mass is 16.6. The molecule has 1 rings (SSSR count). The van der Waals surface area contributed by atoms with Crippen LogP contribution in [0.5, 0.6) is 0 Å². The largest absolute Gasteiger partial charge is 0.304 e. The Balaban J connectivity index is 2.15. The summed E-state index contributed by atoms with van der Waals surface area (Å²) in [6.45, 7) is 0.764. The van der Waals surface area contributed by atoms with Crippen molar-refractivity contribution in [2.75, 3.05) is 6.61 Å². The third-order valence-corrected chi connectivity index (χ3v) is 2.56. The smallest absolute Gasteiger partial charge is 0.0707 e. The van der Waals surface area contributed by atoms with Crippen molar-refractivity contribution in [3.05, 3.63) is 0 Å². The molecule has 1 saturated carbocycles. The van der Waals surface area contributed by atoms with E-state index in [1.54, 1.807) is 0 Å². The first-order chi connectivity index (χ1) is 5.43. The molecule has 0 unspecified atom stereocenters. The van der Waals surface area contributed by atoms with Crippen molar-refractivity contribution in [2.45, 2.75) is 44.9 Å². The second-order valence-corrected chi connectivity index (χ2v) is 3.54. The molecule has 2 N–H and O–H groups in total. The summed E-state index contributed by atoms with van der Waals surface area (Å²) in [5.74, 6) is 5.79. The Morgan fingerprint density at radius 3 is 2.09 bits per heavy atom. The van der Waals surface area contributed by atoms with Crippen LogP contribution in [0.3, 0.4) is 0 Å². The van der Waals surface area contributed by atoms with Crippen LogP contribution in [0.1, 0.15) is 44.9 Å². The molecule has 0 aromatic rings. The minimum Gasteiger partial charge on any atom is -0.304 e. The van der Waals surface area contributed by atoms with Crippen molar-refractivity contribution in [2.24, 2.45) is 11.8 Å². The van der Waals surface area contributed by atoms with E-state index in [0.717, 1.165) is 12.5 Å². The normalized spacial score (nSPS) is 22.6. The lowest BCUT2D eigenvalue weighted by Crippen LogP contribution is -2.14. The van der Waals surface area contributed by atoms with Gasteiger partial charge in [0.2, 0.25) is 0 Å². The van der Waals surface area contributed by atoms with Gasteiger partial charge in [0.1, 0.15) is 0 Å². The monoisotopic (exact) mass is 157 g/mol. The van der Waals surface area contributed by atoms with Gasteiger partial charge in [0.25, 0.3) is 0 Å². The van der Waals surface area contributed by atoms with E-state index >= 15 is 0 Å². The Morgan fingerprint density at radius 2 is 1.55 bits per heavy atom. The molecule has 1 fully saturated rings. The topological polar surface area (TPSA) is 35.2 Å². The van der Waals surface area contributed by atoms with Crippen LogP contribution in [0.2, 0.25) is 0 Å². The van der Waals surface area contributed by atoms with Crippen molar-refractivity contribution in [1.29, 1.82) is 0 Å². The Labute approximate surface area is 69.1 Å². The summed E-state index contributed by atoms with van der Waals surface area (Å²) < 4.78 is 0. The van der Waals surface area contributed by atoms with Gasteiger partial charge in [0, 0.05) is 0 Å². The molecule has 11 heavy (non-hydrogen) atoms. The highest BCUT2D eigenvalue weighted by Gasteiger charge is 2.10. The summed E-state index contributed by atoms with van der Waals surface area (Å²) in [6.07, 6.45) is 9.61. The molecule has 0 aromatic carbocycles. The van der Waals surface area contributed by atoms with Crippen LogP contribution in [0.15, 0.2) is 0 Å². The first-order valence-electron chi connectivity index (χ1n) is 4.75. The van der Waals surface area contributed by atoms with Gasteiger partial charge in [-0.1, -0.05) is 32.1 Å². The zero-order chi connectivity index (χ0) is 7.94. The zero-order valence-corrected chi connectivity index (χ0v) is 7.22. The molecular formula is C9H19NO. The average Bonchev–Trinajstić information content (AvgIpc) is 1.94. The highest BCUT2D eigenvalue weighted by Crippen LogP contribution is 2.21. The zero-order valence-electron chi connectivity index (χ0n) is 7.22.